The minimum atomic E-state index is -0.783. The third-order valence-corrected chi connectivity index (χ3v) is 12.5. The molecule has 0 aliphatic heterocycles. The highest BCUT2D eigenvalue weighted by molar-refractivity contribution is 5.71. The van der Waals surface area contributed by atoms with Gasteiger partial charge in [0.05, 0.1) is 0 Å². The van der Waals surface area contributed by atoms with Gasteiger partial charge in [0.1, 0.15) is 13.2 Å². The zero-order valence-electron chi connectivity index (χ0n) is 46.9. The van der Waals surface area contributed by atoms with Crippen molar-refractivity contribution in [3.05, 3.63) is 109 Å². The second-order valence-corrected chi connectivity index (χ2v) is 19.5. The molecular weight excluding hydrogens is 889 g/mol. The largest absolute Gasteiger partial charge is 0.462 e. The average molecular weight is 1000 g/mol. The molecule has 0 spiro atoms. The number of carbonyl (C=O) groups excluding carboxylic acids is 3. The third kappa shape index (κ3) is 57.0. The monoisotopic (exact) mass is 999 g/mol. The van der Waals surface area contributed by atoms with E-state index in [1.807, 2.05) is 0 Å². The normalized spacial score (nSPS) is 12.9. The van der Waals surface area contributed by atoms with Crippen molar-refractivity contribution in [2.24, 2.45) is 0 Å². The zero-order chi connectivity index (χ0) is 52.2. The first kappa shape index (κ1) is 68.1. The van der Waals surface area contributed by atoms with Crippen molar-refractivity contribution in [1.82, 2.24) is 0 Å². The Hall–Kier alpha value is -3.93. The second-order valence-electron chi connectivity index (χ2n) is 19.5. The molecule has 0 aromatic rings. The number of hydrogen-bond acceptors (Lipinski definition) is 6. The molecule has 0 saturated heterocycles. The van der Waals surface area contributed by atoms with E-state index in [1.165, 1.54) is 96.3 Å². The smallest absolute Gasteiger partial charge is 0.306 e. The summed E-state index contributed by atoms with van der Waals surface area (Å²) in [6.07, 6.45) is 81.3. The van der Waals surface area contributed by atoms with Gasteiger partial charge in [-0.3, -0.25) is 14.4 Å². The van der Waals surface area contributed by atoms with Crippen LogP contribution in [0.5, 0.6) is 0 Å². The Bertz CT molecular complexity index is 1470. The Balaban J connectivity index is 4.05. The van der Waals surface area contributed by atoms with Crippen LogP contribution in [-0.2, 0) is 28.6 Å². The van der Waals surface area contributed by atoms with Crippen LogP contribution in [0.15, 0.2) is 109 Å². The molecule has 0 bridgehead atoms. The average Bonchev–Trinajstić information content (AvgIpc) is 3.38. The summed E-state index contributed by atoms with van der Waals surface area (Å²) in [5.41, 5.74) is 0. The Kier molecular flexibility index (Phi) is 56.4. The number of unbranched alkanes of at least 4 members (excludes halogenated alkanes) is 24. The summed E-state index contributed by atoms with van der Waals surface area (Å²) in [6.45, 7) is 6.41. The van der Waals surface area contributed by atoms with Gasteiger partial charge in [-0.05, 0) is 109 Å². The summed E-state index contributed by atoms with van der Waals surface area (Å²) in [7, 11) is 0. The summed E-state index contributed by atoms with van der Waals surface area (Å²) in [4.78, 5) is 37.8. The van der Waals surface area contributed by atoms with Crippen molar-refractivity contribution < 1.29 is 28.6 Å². The van der Waals surface area contributed by atoms with Gasteiger partial charge in [-0.1, -0.05) is 252 Å². The lowest BCUT2D eigenvalue weighted by Crippen LogP contribution is -2.30. The number of esters is 3. The molecule has 0 fully saturated rings. The van der Waals surface area contributed by atoms with Crippen LogP contribution < -0.4 is 0 Å². The third-order valence-electron chi connectivity index (χ3n) is 12.5. The van der Waals surface area contributed by atoms with E-state index >= 15 is 0 Å². The predicted octanol–water partition coefficient (Wildman–Crippen LogP) is 20.3. The SMILES string of the molecule is CC/C=C\C/C=C\C/C=C\C/C=C\C/C=C\C/C=C\C/C=C\CCCCCCCCCCCCCC(=O)OCC(COC(=O)CCCCCCC)OC(=O)CCCCCCC/C=C\C/C=C\CCCCCC. The summed E-state index contributed by atoms with van der Waals surface area (Å²) in [5.74, 6) is -0.914. The predicted molar refractivity (Wildman–Crippen MR) is 311 cm³/mol. The van der Waals surface area contributed by atoms with E-state index in [1.54, 1.807) is 0 Å². The molecule has 0 radical (unpaired) electrons. The Morgan fingerprint density at radius 1 is 0.292 bits per heavy atom. The van der Waals surface area contributed by atoms with Gasteiger partial charge in [-0.15, -0.1) is 0 Å². The van der Waals surface area contributed by atoms with E-state index in [0.29, 0.717) is 19.3 Å². The standard InChI is InChI=1S/C66H110O6/c1-4-7-10-13-15-17-19-21-23-25-26-27-28-29-30-31-32-33-34-35-36-37-38-39-40-41-43-44-46-48-50-53-56-59-65(68)71-62-63(61-70-64(67)58-55-52-12-9-6-3)72-66(69)60-57-54-51-49-47-45-42-24-22-20-18-16-14-11-8-5-2/h7,10,15,17-18,20-21,23-24,26-27,29-30,32-33,35-36,42,63H,4-6,8-9,11-14,16,19,22,25,28,31,34,37-41,43-62H2,1-3H3/b10-7-,17-15-,20-18-,23-21-,27-26-,30-29-,33-32-,36-35-,42-24-. The first-order valence-corrected chi connectivity index (χ1v) is 29.9. The summed E-state index contributed by atoms with van der Waals surface area (Å²) in [6, 6.07) is 0. The number of allylic oxidation sites excluding steroid dienone is 18. The maximum atomic E-state index is 12.8. The van der Waals surface area contributed by atoms with Crippen LogP contribution in [0, 0.1) is 0 Å². The van der Waals surface area contributed by atoms with Gasteiger partial charge in [-0.2, -0.15) is 0 Å². The first-order chi connectivity index (χ1) is 35.5. The summed E-state index contributed by atoms with van der Waals surface area (Å²) in [5, 5.41) is 0. The topological polar surface area (TPSA) is 78.9 Å². The van der Waals surface area contributed by atoms with E-state index in [4.69, 9.17) is 14.2 Å². The summed E-state index contributed by atoms with van der Waals surface area (Å²) < 4.78 is 16.7. The van der Waals surface area contributed by atoms with E-state index in [2.05, 4.69) is 130 Å². The molecule has 6 heteroatoms. The number of carbonyl (C=O) groups is 3. The second kappa shape index (κ2) is 59.6. The van der Waals surface area contributed by atoms with Crippen LogP contribution in [0.1, 0.15) is 271 Å². The van der Waals surface area contributed by atoms with E-state index in [-0.39, 0.29) is 31.1 Å². The van der Waals surface area contributed by atoms with Crippen molar-refractivity contribution in [1.29, 1.82) is 0 Å². The molecule has 72 heavy (non-hydrogen) atoms. The minimum absolute atomic E-state index is 0.0846. The van der Waals surface area contributed by atoms with E-state index in [0.717, 1.165) is 135 Å². The zero-order valence-corrected chi connectivity index (χ0v) is 46.9. The van der Waals surface area contributed by atoms with Crippen LogP contribution in [0.2, 0.25) is 0 Å². The molecule has 1 unspecified atom stereocenters. The molecule has 0 aliphatic rings. The maximum Gasteiger partial charge on any atom is 0.306 e. The fourth-order valence-corrected chi connectivity index (χ4v) is 8.04. The van der Waals surface area contributed by atoms with Gasteiger partial charge in [0.25, 0.3) is 0 Å². The molecule has 0 aromatic heterocycles. The lowest BCUT2D eigenvalue weighted by atomic mass is 10.0. The quantitative estimate of drug-likeness (QED) is 0.0261. The molecule has 0 aromatic carbocycles. The lowest BCUT2D eigenvalue weighted by molar-refractivity contribution is -0.167. The number of ether oxygens (including phenoxy) is 3. The molecule has 6 nitrogen and oxygen atoms in total. The molecule has 0 saturated carbocycles. The molecule has 0 N–H and O–H groups in total. The van der Waals surface area contributed by atoms with Crippen molar-refractivity contribution >= 4 is 17.9 Å². The number of rotatable bonds is 53. The number of hydrogen-bond donors (Lipinski definition) is 0. The molecule has 410 valence electrons. The van der Waals surface area contributed by atoms with Gasteiger partial charge in [-0.25, -0.2) is 0 Å². The van der Waals surface area contributed by atoms with Crippen LogP contribution in [-0.4, -0.2) is 37.2 Å². The van der Waals surface area contributed by atoms with Gasteiger partial charge in [0.15, 0.2) is 6.10 Å². The first-order valence-electron chi connectivity index (χ1n) is 29.9. The highest BCUT2D eigenvalue weighted by Gasteiger charge is 2.19. The van der Waals surface area contributed by atoms with Crippen LogP contribution in [0.4, 0.5) is 0 Å². The maximum absolute atomic E-state index is 12.8. The van der Waals surface area contributed by atoms with Crippen molar-refractivity contribution in [3.63, 3.8) is 0 Å². The van der Waals surface area contributed by atoms with Crippen molar-refractivity contribution in [2.45, 2.75) is 277 Å². The van der Waals surface area contributed by atoms with Crippen LogP contribution in [0.25, 0.3) is 0 Å². The van der Waals surface area contributed by atoms with Crippen molar-refractivity contribution in [2.75, 3.05) is 13.2 Å². The Labute approximate surface area is 444 Å². The Morgan fingerprint density at radius 2 is 0.542 bits per heavy atom. The summed E-state index contributed by atoms with van der Waals surface area (Å²) >= 11 is 0. The highest BCUT2D eigenvalue weighted by atomic mass is 16.6. The molecule has 0 rings (SSSR count). The molecular formula is C66H110O6. The minimum Gasteiger partial charge on any atom is -0.462 e. The molecule has 0 heterocycles. The van der Waals surface area contributed by atoms with Gasteiger partial charge in [0, 0.05) is 19.3 Å². The Morgan fingerprint density at radius 3 is 0.861 bits per heavy atom. The molecule has 0 aliphatic carbocycles. The van der Waals surface area contributed by atoms with E-state index in [9.17, 15) is 14.4 Å². The lowest BCUT2D eigenvalue weighted by Gasteiger charge is -2.18. The van der Waals surface area contributed by atoms with Gasteiger partial charge in [0.2, 0.25) is 0 Å². The fourth-order valence-electron chi connectivity index (χ4n) is 8.04. The highest BCUT2D eigenvalue weighted by Crippen LogP contribution is 2.15. The fraction of sp³-hybridized carbons (Fsp3) is 0.682. The van der Waals surface area contributed by atoms with Gasteiger partial charge >= 0.3 is 17.9 Å². The van der Waals surface area contributed by atoms with Crippen LogP contribution >= 0.6 is 0 Å². The molecule has 1 atom stereocenters. The van der Waals surface area contributed by atoms with Crippen molar-refractivity contribution in [3.8, 4) is 0 Å². The van der Waals surface area contributed by atoms with Crippen LogP contribution in [0.3, 0.4) is 0 Å². The molecule has 0 amide bonds. The van der Waals surface area contributed by atoms with Gasteiger partial charge < -0.3 is 14.2 Å². The van der Waals surface area contributed by atoms with E-state index < -0.39 is 6.10 Å².